The number of phenols is 1. The van der Waals surface area contributed by atoms with Crippen molar-refractivity contribution in [1.29, 1.82) is 0 Å². The molecule has 2 heterocycles. The Morgan fingerprint density at radius 2 is 2.11 bits per heavy atom. The topological polar surface area (TPSA) is 66.3 Å². The molecular formula is C21H18FN3O2. The van der Waals surface area contributed by atoms with Gasteiger partial charge in [0.1, 0.15) is 23.6 Å². The third-order valence-electron chi connectivity index (χ3n) is 5.74. The minimum Gasteiger partial charge on any atom is -0.508 e. The molecule has 1 aliphatic heterocycles. The molecule has 0 saturated heterocycles. The maximum Gasteiger partial charge on any atom is 0.277 e. The van der Waals surface area contributed by atoms with Crippen molar-refractivity contribution < 1.29 is 14.3 Å². The second-order valence-corrected chi connectivity index (χ2v) is 7.38. The first-order chi connectivity index (χ1) is 13.0. The van der Waals surface area contributed by atoms with Gasteiger partial charge in [0.2, 0.25) is 0 Å². The lowest BCUT2D eigenvalue weighted by Gasteiger charge is -2.37. The Bertz CT molecular complexity index is 1110. The number of halogens is 1. The highest BCUT2D eigenvalue weighted by Gasteiger charge is 2.55. The summed E-state index contributed by atoms with van der Waals surface area (Å²) in [6.45, 7) is 1.89. The van der Waals surface area contributed by atoms with Crippen LogP contribution in [0.25, 0.3) is 10.8 Å². The number of carbonyl (C=O) groups excluding carboxylic acids is 1. The lowest BCUT2D eigenvalue weighted by molar-refractivity contribution is 0.0958. The van der Waals surface area contributed by atoms with Gasteiger partial charge >= 0.3 is 0 Å². The molecule has 1 aliphatic carbocycles. The summed E-state index contributed by atoms with van der Waals surface area (Å²) in [7, 11) is 0. The number of anilines is 1. The number of aryl methyl sites for hydroxylation is 1. The minimum atomic E-state index is -0.340. The van der Waals surface area contributed by atoms with Crippen LogP contribution in [0.1, 0.15) is 41.4 Å². The smallest absolute Gasteiger partial charge is 0.277 e. The zero-order valence-electron chi connectivity index (χ0n) is 14.9. The largest absolute Gasteiger partial charge is 0.508 e. The maximum absolute atomic E-state index is 14.5. The summed E-state index contributed by atoms with van der Waals surface area (Å²) in [6.07, 6.45) is 5.96. The molecule has 0 unspecified atom stereocenters. The van der Waals surface area contributed by atoms with Crippen LogP contribution in [0.5, 0.6) is 5.75 Å². The van der Waals surface area contributed by atoms with Crippen molar-refractivity contribution in [3.05, 3.63) is 59.4 Å². The van der Waals surface area contributed by atoms with Crippen LogP contribution < -0.4 is 4.90 Å². The fraction of sp³-hybridized carbons (Fsp3) is 0.286. The van der Waals surface area contributed by atoms with Gasteiger partial charge in [-0.15, -0.1) is 0 Å². The van der Waals surface area contributed by atoms with Gasteiger partial charge < -0.3 is 5.11 Å². The fourth-order valence-electron chi connectivity index (χ4n) is 4.34. The SMILES string of the molecule is CCc1c(F)ccc2cc(O)cc(N3C(=O)c4ncncc4CC34CC4)c12. The van der Waals surface area contributed by atoms with E-state index in [2.05, 4.69) is 9.97 Å². The van der Waals surface area contributed by atoms with Gasteiger partial charge in [0.05, 0.1) is 11.2 Å². The van der Waals surface area contributed by atoms with Crippen LogP contribution in [0.15, 0.2) is 36.8 Å². The third kappa shape index (κ3) is 2.25. The van der Waals surface area contributed by atoms with E-state index in [1.807, 2.05) is 6.92 Å². The van der Waals surface area contributed by atoms with Gasteiger partial charge in [-0.05, 0) is 48.8 Å². The molecule has 0 radical (unpaired) electrons. The molecule has 3 aromatic rings. The van der Waals surface area contributed by atoms with E-state index in [0.717, 1.165) is 23.8 Å². The number of amides is 1. The molecule has 5 rings (SSSR count). The van der Waals surface area contributed by atoms with Gasteiger partial charge in [0.25, 0.3) is 5.91 Å². The van der Waals surface area contributed by atoms with Crippen LogP contribution in [0.3, 0.4) is 0 Å². The molecule has 1 saturated carbocycles. The summed E-state index contributed by atoms with van der Waals surface area (Å²) >= 11 is 0. The van der Waals surface area contributed by atoms with E-state index in [-0.39, 0.29) is 23.0 Å². The van der Waals surface area contributed by atoms with Crippen LogP contribution in [-0.2, 0) is 12.8 Å². The Morgan fingerprint density at radius 3 is 2.85 bits per heavy atom. The van der Waals surface area contributed by atoms with Crippen molar-refractivity contribution in [3.8, 4) is 5.75 Å². The number of aromatic hydroxyl groups is 1. The van der Waals surface area contributed by atoms with Crippen molar-refractivity contribution in [2.75, 3.05) is 4.90 Å². The number of aromatic nitrogens is 2. The molecule has 0 bridgehead atoms. The van der Waals surface area contributed by atoms with E-state index < -0.39 is 0 Å². The molecule has 1 N–H and O–H groups in total. The number of phenolic OH excluding ortho intramolecular Hbond substituents is 1. The first-order valence-corrected chi connectivity index (χ1v) is 9.11. The van der Waals surface area contributed by atoms with E-state index in [9.17, 15) is 14.3 Å². The third-order valence-corrected chi connectivity index (χ3v) is 5.74. The monoisotopic (exact) mass is 363 g/mol. The van der Waals surface area contributed by atoms with Gasteiger partial charge in [0.15, 0.2) is 0 Å². The lowest BCUT2D eigenvalue weighted by atomic mass is 9.92. The van der Waals surface area contributed by atoms with Crippen molar-refractivity contribution in [2.45, 2.75) is 38.1 Å². The van der Waals surface area contributed by atoms with Crippen LogP contribution in [-0.4, -0.2) is 26.5 Å². The maximum atomic E-state index is 14.5. The van der Waals surface area contributed by atoms with Crippen molar-refractivity contribution in [3.63, 3.8) is 0 Å². The van der Waals surface area contributed by atoms with Crippen LogP contribution >= 0.6 is 0 Å². The Labute approximate surface area is 155 Å². The Balaban J connectivity index is 1.81. The molecular weight excluding hydrogens is 345 g/mol. The second kappa shape index (κ2) is 5.49. The lowest BCUT2D eigenvalue weighted by Crippen LogP contribution is -2.48. The fourth-order valence-corrected chi connectivity index (χ4v) is 4.34. The molecule has 1 amide bonds. The van der Waals surface area contributed by atoms with Crippen molar-refractivity contribution >= 4 is 22.4 Å². The number of benzene rings is 2. The van der Waals surface area contributed by atoms with Gasteiger partial charge in [0, 0.05) is 23.2 Å². The van der Waals surface area contributed by atoms with Crippen molar-refractivity contribution in [2.24, 2.45) is 0 Å². The Morgan fingerprint density at radius 1 is 1.30 bits per heavy atom. The molecule has 2 aromatic carbocycles. The number of hydrogen-bond donors (Lipinski definition) is 1. The van der Waals surface area contributed by atoms with E-state index in [0.29, 0.717) is 35.2 Å². The highest BCUT2D eigenvalue weighted by Crippen LogP contribution is 2.52. The van der Waals surface area contributed by atoms with Gasteiger partial charge in [-0.2, -0.15) is 0 Å². The average molecular weight is 363 g/mol. The van der Waals surface area contributed by atoms with E-state index in [1.54, 1.807) is 29.3 Å². The van der Waals surface area contributed by atoms with Crippen LogP contribution in [0.2, 0.25) is 0 Å². The van der Waals surface area contributed by atoms with E-state index in [1.165, 1.54) is 12.4 Å². The quantitative estimate of drug-likeness (QED) is 0.753. The van der Waals surface area contributed by atoms with Crippen LogP contribution in [0, 0.1) is 5.82 Å². The molecule has 1 spiro atoms. The second-order valence-electron chi connectivity index (χ2n) is 7.38. The summed E-state index contributed by atoms with van der Waals surface area (Å²) in [5.41, 5.74) is 2.01. The molecule has 5 nitrogen and oxygen atoms in total. The van der Waals surface area contributed by atoms with E-state index >= 15 is 0 Å². The summed E-state index contributed by atoms with van der Waals surface area (Å²) < 4.78 is 14.5. The van der Waals surface area contributed by atoms with Gasteiger partial charge in [-0.3, -0.25) is 9.69 Å². The summed E-state index contributed by atoms with van der Waals surface area (Å²) in [5, 5.41) is 11.7. The molecule has 2 aliphatic rings. The molecule has 1 fully saturated rings. The standard InChI is InChI=1S/C21H18FN3O2/c1-2-15-16(22)4-3-12-7-14(26)8-17(18(12)15)25-20(27)19-13(10-23-11-24-19)9-21(25)5-6-21/h3-4,7-8,10-11,26H,2,5-6,9H2,1H3. The number of rotatable bonds is 2. The number of carbonyl (C=O) groups is 1. The zero-order chi connectivity index (χ0) is 18.8. The van der Waals surface area contributed by atoms with Gasteiger partial charge in [-0.25, -0.2) is 14.4 Å². The number of hydrogen-bond acceptors (Lipinski definition) is 4. The molecule has 136 valence electrons. The predicted molar refractivity (Wildman–Crippen MR) is 99.5 cm³/mol. The molecule has 1 aromatic heterocycles. The highest BCUT2D eigenvalue weighted by atomic mass is 19.1. The predicted octanol–water partition coefficient (Wildman–Crippen LogP) is 3.77. The van der Waals surface area contributed by atoms with Crippen LogP contribution in [0.4, 0.5) is 10.1 Å². The molecule has 6 heteroatoms. The van der Waals surface area contributed by atoms with E-state index in [4.69, 9.17) is 0 Å². The summed E-state index contributed by atoms with van der Waals surface area (Å²) in [4.78, 5) is 23.4. The minimum absolute atomic E-state index is 0.0586. The molecule has 0 atom stereocenters. The average Bonchev–Trinajstić information content (AvgIpc) is 3.41. The Hall–Kier alpha value is -3.02. The number of nitrogens with zero attached hydrogens (tertiary/aromatic N) is 3. The summed E-state index contributed by atoms with van der Waals surface area (Å²) in [5.74, 6) is -0.452. The van der Waals surface area contributed by atoms with Crippen molar-refractivity contribution in [1.82, 2.24) is 9.97 Å². The first kappa shape index (κ1) is 16.2. The highest BCUT2D eigenvalue weighted by molar-refractivity contribution is 6.13. The van der Waals surface area contributed by atoms with Gasteiger partial charge in [-0.1, -0.05) is 13.0 Å². The number of fused-ring (bicyclic) bond motifs is 2. The Kier molecular flexibility index (Phi) is 3.29. The first-order valence-electron chi connectivity index (χ1n) is 9.11. The zero-order valence-corrected chi connectivity index (χ0v) is 14.9. The normalized spacial score (nSPS) is 17.4. The summed E-state index contributed by atoms with van der Waals surface area (Å²) in [6, 6.07) is 6.25. The molecule has 27 heavy (non-hydrogen) atoms.